The van der Waals surface area contributed by atoms with Crippen LogP contribution in [0.1, 0.15) is 12.0 Å². The van der Waals surface area contributed by atoms with Crippen LogP contribution in [-0.2, 0) is 20.8 Å². The standard InChI is InChI=1S/C13H16Cl2O4/c1-17-13-12(16)5-10(19-13)7-18-6-8-2-3-9(14)4-11(8)15/h2-4,10,12-13,16H,5-7H2,1H3. The van der Waals surface area contributed by atoms with E-state index in [4.69, 9.17) is 37.4 Å². The third-order valence-electron chi connectivity index (χ3n) is 2.95. The fourth-order valence-electron chi connectivity index (χ4n) is 1.98. The van der Waals surface area contributed by atoms with E-state index >= 15 is 0 Å². The largest absolute Gasteiger partial charge is 0.388 e. The van der Waals surface area contributed by atoms with Gasteiger partial charge in [0.25, 0.3) is 0 Å². The smallest absolute Gasteiger partial charge is 0.183 e. The van der Waals surface area contributed by atoms with Gasteiger partial charge in [-0.3, -0.25) is 0 Å². The normalized spacial score (nSPS) is 26.8. The number of halogens is 2. The molecule has 1 fully saturated rings. The lowest BCUT2D eigenvalue weighted by molar-refractivity contribution is -0.156. The molecule has 0 saturated carbocycles. The van der Waals surface area contributed by atoms with E-state index in [-0.39, 0.29) is 6.10 Å². The molecule has 3 unspecified atom stereocenters. The molecule has 0 aromatic heterocycles. The molecule has 1 aliphatic rings. The van der Waals surface area contributed by atoms with Crippen LogP contribution >= 0.6 is 23.2 Å². The Kier molecular flexibility index (Phi) is 5.45. The van der Waals surface area contributed by atoms with Crippen molar-refractivity contribution in [1.82, 2.24) is 0 Å². The van der Waals surface area contributed by atoms with Crippen molar-refractivity contribution in [3.63, 3.8) is 0 Å². The zero-order valence-electron chi connectivity index (χ0n) is 10.5. The molecule has 19 heavy (non-hydrogen) atoms. The molecule has 1 N–H and O–H groups in total. The summed E-state index contributed by atoms with van der Waals surface area (Å²) in [6.07, 6.45) is -0.816. The summed E-state index contributed by atoms with van der Waals surface area (Å²) >= 11 is 11.9. The van der Waals surface area contributed by atoms with Gasteiger partial charge in [0.05, 0.1) is 19.3 Å². The van der Waals surface area contributed by atoms with E-state index < -0.39 is 12.4 Å². The van der Waals surface area contributed by atoms with Crippen LogP contribution < -0.4 is 0 Å². The van der Waals surface area contributed by atoms with Crippen molar-refractivity contribution >= 4 is 23.2 Å². The minimum atomic E-state index is -0.599. The average Bonchev–Trinajstić information content (AvgIpc) is 2.72. The molecule has 1 heterocycles. The van der Waals surface area contributed by atoms with Crippen molar-refractivity contribution < 1.29 is 19.3 Å². The Balaban J connectivity index is 1.78. The molecule has 1 saturated heterocycles. The molecular weight excluding hydrogens is 291 g/mol. The van der Waals surface area contributed by atoms with Gasteiger partial charge >= 0.3 is 0 Å². The number of ether oxygens (including phenoxy) is 3. The molecule has 4 nitrogen and oxygen atoms in total. The van der Waals surface area contributed by atoms with E-state index in [0.717, 1.165) is 5.56 Å². The SMILES string of the molecule is COC1OC(COCc2ccc(Cl)cc2Cl)CC1O. The molecule has 3 atom stereocenters. The van der Waals surface area contributed by atoms with Crippen molar-refractivity contribution in [1.29, 1.82) is 0 Å². The Hall–Kier alpha value is -0.360. The third kappa shape index (κ3) is 4.05. The zero-order chi connectivity index (χ0) is 13.8. The molecule has 0 amide bonds. The van der Waals surface area contributed by atoms with Gasteiger partial charge in [0.15, 0.2) is 6.29 Å². The predicted octanol–water partition coefficient (Wildman–Crippen LogP) is 2.63. The highest BCUT2D eigenvalue weighted by Crippen LogP contribution is 2.23. The first kappa shape index (κ1) is 15.0. The fraction of sp³-hybridized carbons (Fsp3) is 0.538. The lowest BCUT2D eigenvalue weighted by atomic mass is 10.2. The second kappa shape index (κ2) is 6.88. The quantitative estimate of drug-likeness (QED) is 0.908. The number of aliphatic hydroxyl groups excluding tert-OH is 1. The van der Waals surface area contributed by atoms with Crippen LogP contribution in [0.4, 0.5) is 0 Å². The number of hydrogen-bond donors (Lipinski definition) is 1. The summed E-state index contributed by atoms with van der Waals surface area (Å²) in [4.78, 5) is 0. The molecule has 2 rings (SSSR count). The van der Waals surface area contributed by atoms with Crippen LogP contribution in [0.15, 0.2) is 18.2 Å². The van der Waals surface area contributed by atoms with Gasteiger partial charge in [0.2, 0.25) is 0 Å². The van der Waals surface area contributed by atoms with Gasteiger partial charge in [-0.05, 0) is 17.7 Å². The fourth-order valence-corrected chi connectivity index (χ4v) is 2.44. The van der Waals surface area contributed by atoms with Gasteiger partial charge in [-0.25, -0.2) is 0 Å². The summed E-state index contributed by atoms with van der Waals surface area (Å²) in [5, 5.41) is 10.8. The number of hydrogen-bond acceptors (Lipinski definition) is 4. The van der Waals surface area contributed by atoms with Crippen molar-refractivity contribution in [2.75, 3.05) is 13.7 Å². The van der Waals surface area contributed by atoms with E-state index in [1.807, 2.05) is 6.07 Å². The summed E-state index contributed by atoms with van der Waals surface area (Å²) in [6.45, 7) is 0.763. The highest BCUT2D eigenvalue weighted by Gasteiger charge is 2.33. The number of aliphatic hydroxyl groups is 1. The molecule has 0 aliphatic carbocycles. The molecule has 0 spiro atoms. The van der Waals surface area contributed by atoms with E-state index in [2.05, 4.69) is 0 Å². The summed E-state index contributed by atoms with van der Waals surface area (Å²) in [7, 11) is 1.50. The second-order valence-corrected chi connectivity index (χ2v) is 5.26. The van der Waals surface area contributed by atoms with Crippen molar-refractivity contribution in [2.24, 2.45) is 0 Å². The van der Waals surface area contributed by atoms with Crippen molar-refractivity contribution in [2.45, 2.75) is 31.5 Å². The molecule has 1 aliphatic heterocycles. The second-order valence-electron chi connectivity index (χ2n) is 4.42. The monoisotopic (exact) mass is 306 g/mol. The molecule has 6 heteroatoms. The average molecular weight is 307 g/mol. The lowest BCUT2D eigenvalue weighted by Gasteiger charge is -2.13. The Morgan fingerprint density at radius 2 is 2.21 bits per heavy atom. The van der Waals surface area contributed by atoms with Gasteiger partial charge in [-0.15, -0.1) is 0 Å². The summed E-state index contributed by atoms with van der Waals surface area (Å²) in [6, 6.07) is 5.27. The predicted molar refractivity (Wildman–Crippen MR) is 72.4 cm³/mol. The molecule has 0 bridgehead atoms. The Morgan fingerprint density at radius 1 is 1.42 bits per heavy atom. The van der Waals surface area contributed by atoms with Crippen molar-refractivity contribution in [3.8, 4) is 0 Å². The van der Waals surface area contributed by atoms with Crippen LogP contribution in [0.25, 0.3) is 0 Å². The van der Waals surface area contributed by atoms with Gasteiger partial charge in [0, 0.05) is 23.6 Å². The highest BCUT2D eigenvalue weighted by atomic mass is 35.5. The zero-order valence-corrected chi connectivity index (χ0v) is 12.0. The van der Waals surface area contributed by atoms with E-state index in [1.165, 1.54) is 7.11 Å². The van der Waals surface area contributed by atoms with Crippen LogP contribution in [0.5, 0.6) is 0 Å². The summed E-state index contributed by atoms with van der Waals surface area (Å²) in [5.74, 6) is 0. The highest BCUT2D eigenvalue weighted by molar-refractivity contribution is 6.35. The van der Waals surface area contributed by atoms with E-state index in [9.17, 15) is 5.11 Å². The molecular formula is C13H16Cl2O4. The van der Waals surface area contributed by atoms with Gasteiger partial charge < -0.3 is 19.3 Å². The van der Waals surface area contributed by atoms with Crippen LogP contribution in [-0.4, -0.2) is 37.3 Å². The first-order valence-electron chi connectivity index (χ1n) is 5.98. The maximum Gasteiger partial charge on any atom is 0.183 e. The van der Waals surface area contributed by atoms with Crippen molar-refractivity contribution in [3.05, 3.63) is 33.8 Å². The number of rotatable bonds is 5. The minimum Gasteiger partial charge on any atom is -0.388 e. The van der Waals surface area contributed by atoms with Crippen LogP contribution in [0, 0.1) is 0 Å². The topological polar surface area (TPSA) is 47.9 Å². The number of methoxy groups -OCH3 is 1. The minimum absolute atomic E-state index is 0.161. The Labute approximate surface area is 122 Å². The van der Waals surface area contributed by atoms with Gasteiger partial charge in [0.1, 0.15) is 6.10 Å². The Bertz CT molecular complexity index is 427. The third-order valence-corrected chi connectivity index (χ3v) is 3.54. The van der Waals surface area contributed by atoms with Crippen LogP contribution in [0.3, 0.4) is 0 Å². The summed E-state index contributed by atoms with van der Waals surface area (Å²) < 4.78 is 16.0. The maximum atomic E-state index is 9.61. The maximum absolute atomic E-state index is 9.61. The van der Waals surface area contributed by atoms with Gasteiger partial charge in [-0.1, -0.05) is 29.3 Å². The first-order chi connectivity index (χ1) is 9.10. The van der Waals surface area contributed by atoms with E-state index in [0.29, 0.717) is 29.7 Å². The van der Waals surface area contributed by atoms with E-state index in [1.54, 1.807) is 12.1 Å². The lowest BCUT2D eigenvalue weighted by Crippen LogP contribution is -2.22. The molecule has 106 valence electrons. The van der Waals surface area contributed by atoms with Crippen LogP contribution in [0.2, 0.25) is 10.0 Å². The van der Waals surface area contributed by atoms with Gasteiger partial charge in [-0.2, -0.15) is 0 Å². The first-order valence-corrected chi connectivity index (χ1v) is 6.73. The Morgan fingerprint density at radius 3 is 2.84 bits per heavy atom. The molecule has 1 aromatic rings. The molecule has 0 radical (unpaired) electrons. The molecule has 1 aromatic carbocycles. The summed E-state index contributed by atoms with van der Waals surface area (Å²) in [5.41, 5.74) is 0.868. The number of benzene rings is 1.